The van der Waals surface area contributed by atoms with Gasteiger partial charge >= 0.3 is 0 Å². The lowest BCUT2D eigenvalue weighted by atomic mass is 10.1. The molecule has 0 N–H and O–H groups in total. The van der Waals surface area contributed by atoms with E-state index in [9.17, 15) is 8.78 Å². The van der Waals surface area contributed by atoms with Crippen LogP contribution in [0.2, 0.25) is 0 Å². The largest absolute Gasteiger partial charge is 0.478 e. The van der Waals surface area contributed by atoms with Gasteiger partial charge in [-0.15, -0.1) is 10.2 Å². The third-order valence-electron chi connectivity index (χ3n) is 6.36. The Bertz CT molecular complexity index is 1010. The maximum Gasteiger partial charge on any atom is 0.225 e. The number of nitrogens with zero attached hydrogens (tertiary/aromatic N) is 4. The van der Waals surface area contributed by atoms with Crippen LogP contribution in [-0.2, 0) is 0 Å². The van der Waals surface area contributed by atoms with E-state index in [0.29, 0.717) is 24.6 Å². The highest BCUT2D eigenvalue weighted by Crippen LogP contribution is 2.26. The van der Waals surface area contributed by atoms with E-state index in [1.54, 1.807) is 36.4 Å². The molecule has 0 unspecified atom stereocenters. The molecule has 0 radical (unpaired) electrons. The van der Waals surface area contributed by atoms with Crippen LogP contribution in [0.1, 0.15) is 90.9 Å². The van der Waals surface area contributed by atoms with Gasteiger partial charge in [0, 0.05) is 12.1 Å². The van der Waals surface area contributed by atoms with E-state index in [1.165, 1.54) is 51.4 Å². The molecule has 0 saturated carbocycles. The summed E-state index contributed by atoms with van der Waals surface area (Å²) in [5.74, 6) is -0.882. The monoisotopic (exact) mass is 526 g/mol. The minimum atomic E-state index is -0.688. The highest BCUT2D eigenvalue weighted by Gasteiger charge is 2.14. The summed E-state index contributed by atoms with van der Waals surface area (Å²) in [5.41, 5.74) is 1.00. The van der Waals surface area contributed by atoms with Crippen molar-refractivity contribution in [2.24, 2.45) is 0 Å². The summed E-state index contributed by atoms with van der Waals surface area (Å²) < 4.78 is 40.5. The summed E-state index contributed by atoms with van der Waals surface area (Å²) in [5, 5.41) is 8.17. The fourth-order valence-corrected chi connectivity index (χ4v) is 4.12. The van der Waals surface area contributed by atoms with Gasteiger partial charge in [-0.25, -0.2) is 0 Å². The van der Waals surface area contributed by atoms with Crippen LogP contribution in [0.25, 0.3) is 22.5 Å². The smallest absolute Gasteiger partial charge is 0.225 e. The van der Waals surface area contributed by atoms with Gasteiger partial charge in [-0.1, -0.05) is 78.1 Å². The van der Waals surface area contributed by atoms with Crippen molar-refractivity contribution in [2.75, 3.05) is 13.2 Å². The first-order valence-electron chi connectivity index (χ1n) is 14.1. The molecule has 0 aliphatic rings. The van der Waals surface area contributed by atoms with Gasteiger partial charge in [-0.05, 0) is 37.1 Å². The Morgan fingerprint density at radius 2 is 0.921 bits per heavy atom. The average molecular weight is 527 g/mol. The summed E-state index contributed by atoms with van der Waals surface area (Å²) >= 11 is 0. The van der Waals surface area contributed by atoms with Gasteiger partial charge in [-0.3, -0.25) is 0 Å². The molecule has 6 nitrogen and oxygen atoms in total. The minimum Gasteiger partial charge on any atom is -0.478 e. The van der Waals surface area contributed by atoms with E-state index in [2.05, 4.69) is 34.0 Å². The second kappa shape index (κ2) is 16.6. The van der Waals surface area contributed by atoms with Crippen LogP contribution in [0.15, 0.2) is 36.4 Å². The first-order valence-corrected chi connectivity index (χ1v) is 14.1. The van der Waals surface area contributed by atoms with E-state index in [1.807, 2.05) is 0 Å². The van der Waals surface area contributed by atoms with Crippen LogP contribution in [0.4, 0.5) is 8.78 Å². The van der Waals surface area contributed by atoms with Crippen molar-refractivity contribution in [3.63, 3.8) is 0 Å². The second-order valence-corrected chi connectivity index (χ2v) is 9.51. The molecule has 0 aromatic carbocycles. The molecule has 3 rings (SSSR count). The van der Waals surface area contributed by atoms with E-state index < -0.39 is 11.9 Å². The van der Waals surface area contributed by atoms with Crippen molar-refractivity contribution < 1.29 is 18.3 Å². The van der Waals surface area contributed by atoms with Crippen LogP contribution >= 0.6 is 0 Å². The van der Waals surface area contributed by atoms with Gasteiger partial charge in [0.2, 0.25) is 23.7 Å². The van der Waals surface area contributed by atoms with Crippen molar-refractivity contribution in [1.82, 2.24) is 20.2 Å². The zero-order chi connectivity index (χ0) is 27.0. The normalized spacial score (nSPS) is 11.1. The van der Waals surface area contributed by atoms with Crippen LogP contribution in [0.3, 0.4) is 0 Å². The zero-order valence-electron chi connectivity index (χ0n) is 22.7. The summed E-state index contributed by atoms with van der Waals surface area (Å²) in [7, 11) is 0. The molecule has 0 fully saturated rings. The standard InChI is InChI=1S/C30H40F2N4O2/c1-3-5-7-9-11-13-21-37-27-19-15-23(29(31)33-27)25-17-18-26(36-35-25)24-16-20-28(34-30(24)32)38-22-14-12-10-8-6-4-2/h15-20H,3-14,21-22H2,1-2H3. The third-order valence-corrected chi connectivity index (χ3v) is 6.36. The Balaban J connectivity index is 1.51. The molecular formula is C30H40F2N4O2. The van der Waals surface area contributed by atoms with Crippen molar-refractivity contribution in [3.05, 3.63) is 48.3 Å². The van der Waals surface area contributed by atoms with Crippen LogP contribution < -0.4 is 9.47 Å². The van der Waals surface area contributed by atoms with Crippen molar-refractivity contribution >= 4 is 0 Å². The zero-order valence-corrected chi connectivity index (χ0v) is 22.7. The Labute approximate surface area is 225 Å². The lowest BCUT2D eigenvalue weighted by molar-refractivity contribution is 0.289. The molecule has 0 atom stereocenters. The molecule has 0 aliphatic heterocycles. The Kier molecular flexibility index (Phi) is 12.9. The highest BCUT2D eigenvalue weighted by atomic mass is 19.1. The van der Waals surface area contributed by atoms with Crippen molar-refractivity contribution in [1.29, 1.82) is 0 Å². The molecular weight excluding hydrogens is 486 g/mol. The molecule has 0 saturated heterocycles. The van der Waals surface area contributed by atoms with Crippen molar-refractivity contribution in [2.45, 2.75) is 90.9 Å². The van der Waals surface area contributed by atoms with Crippen LogP contribution in [0, 0.1) is 11.9 Å². The summed E-state index contributed by atoms with van der Waals surface area (Å²) in [6, 6.07) is 9.56. The Hall–Kier alpha value is -3.16. The molecule has 8 heteroatoms. The predicted molar refractivity (Wildman–Crippen MR) is 146 cm³/mol. The summed E-state index contributed by atoms with van der Waals surface area (Å²) in [4.78, 5) is 7.82. The fourth-order valence-electron chi connectivity index (χ4n) is 4.12. The van der Waals surface area contributed by atoms with Gasteiger partial charge in [0.1, 0.15) is 0 Å². The maximum absolute atomic E-state index is 14.6. The van der Waals surface area contributed by atoms with E-state index in [-0.39, 0.29) is 22.9 Å². The van der Waals surface area contributed by atoms with E-state index in [4.69, 9.17) is 9.47 Å². The molecule has 0 aliphatic carbocycles. The SMILES string of the molecule is CCCCCCCCOc1ccc(-c2ccc(-c3ccc(OCCCCCCCC)nc3F)nn2)c(F)n1. The lowest BCUT2D eigenvalue weighted by Gasteiger charge is -2.09. The number of halogens is 2. The molecule has 3 aromatic heterocycles. The van der Waals surface area contributed by atoms with Crippen LogP contribution in [-0.4, -0.2) is 33.4 Å². The number of unbranched alkanes of at least 4 members (excludes halogenated alkanes) is 10. The number of rotatable bonds is 18. The molecule has 38 heavy (non-hydrogen) atoms. The minimum absolute atomic E-state index is 0.202. The van der Waals surface area contributed by atoms with E-state index >= 15 is 0 Å². The van der Waals surface area contributed by atoms with Gasteiger partial charge in [0.05, 0.1) is 35.7 Å². The molecule has 0 spiro atoms. The van der Waals surface area contributed by atoms with Gasteiger partial charge in [0.25, 0.3) is 0 Å². The van der Waals surface area contributed by atoms with Gasteiger partial charge in [0.15, 0.2) is 0 Å². The third kappa shape index (κ3) is 9.62. The van der Waals surface area contributed by atoms with Gasteiger partial charge < -0.3 is 9.47 Å². The molecule has 206 valence electrons. The molecule has 3 heterocycles. The first kappa shape index (κ1) is 29.4. The fraction of sp³-hybridized carbons (Fsp3) is 0.533. The highest BCUT2D eigenvalue weighted by molar-refractivity contribution is 5.63. The molecule has 0 amide bonds. The topological polar surface area (TPSA) is 70.0 Å². The van der Waals surface area contributed by atoms with Gasteiger partial charge in [-0.2, -0.15) is 18.7 Å². The quantitative estimate of drug-likeness (QED) is 0.122. The van der Waals surface area contributed by atoms with Crippen molar-refractivity contribution in [3.8, 4) is 34.3 Å². The number of hydrogen-bond donors (Lipinski definition) is 0. The maximum atomic E-state index is 14.6. The molecule has 0 bridgehead atoms. The number of aromatic nitrogens is 4. The molecule has 3 aromatic rings. The number of pyridine rings is 2. The van der Waals surface area contributed by atoms with E-state index in [0.717, 1.165) is 25.7 Å². The first-order chi connectivity index (χ1) is 18.6. The Morgan fingerprint density at radius 3 is 1.29 bits per heavy atom. The lowest BCUT2D eigenvalue weighted by Crippen LogP contribution is -2.02. The predicted octanol–water partition coefficient (Wildman–Crippen LogP) is 8.36. The Morgan fingerprint density at radius 1 is 0.526 bits per heavy atom. The average Bonchev–Trinajstić information content (AvgIpc) is 2.92. The summed E-state index contributed by atoms with van der Waals surface area (Å²) in [6.45, 7) is 5.40. The number of ether oxygens (including phenoxy) is 2. The van der Waals surface area contributed by atoms with Crippen LogP contribution in [0.5, 0.6) is 11.8 Å². The second-order valence-electron chi connectivity index (χ2n) is 9.51. The number of hydrogen-bond acceptors (Lipinski definition) is 6. The summed E-state index contributed by atoms with van der Waals surface area (Å²) in [6.07, 6.45) is 13.8.